The van der Waals surface area contributed by atoms with Crippen LogP contribution in [-0.2, 0) is 17.8 Å². The summed E-state index contributed by atoms with van der Waals surface area (Å²) in [6.07, 6.45) is 5.25. The highest BCUT2D eigenvalue weighted by molar-refractivity contribution is 7.19. The molecule has 2 aliphatic rings. The molecule has 2 aromatic heterocycles. The normalized spacial score (nSPS) is 25.0. The summed E-state index contributed by atoms with van der Waals surface area (Å²) < 4.78 is 3.20. The van der Waals surface area contributed by atoms with Crippen LogP contribution in [0.1, 0.15) is 72.9 Å². The average molecular weight is 478 g/mol. The van der Waals surface area contributed by atoms with Crippen LogP contribution >= 0.6 is 11.3 Å². The molecule has 0 unspecified atom stereocenters. The Morgan fingerprint density at radius 1 is 1.18 bits per heavy atom. The van der Waals surface area contributed by atoms with E-state index in [2.05, 4.69) is 42.8 Å². The van der Waals surface area contributed by atoms with Gasteiger partial charge in [0, 0.05) is 16.6 Å². The van der Waals surface area contributed by atoms with E-state index >= 15 is 0 Å². The van der Waals surface area contributed by atoms with Gasteiger partial charge in [-0.15, -0.1) is 11.3 Å². The van der Waals surface area contributed by atoms with Gasteiger partial charge in [0.2, 0.25) is 5.91 Å². The summed E-state index contributed by atoms with van der Waals surface area (Å²) >= 11 is 1.74. The first-order valence-electron chi connectivity index (χ1n) is 12.6. The highest BCUT2D eigenvalue weighted by Crippen LogP contribution is 2.40. The SMILES string of the molecule is CCc1cc2c(cc3n2C[C@](C)(C(=O)NC2CCC(C)CC2)N(c2cccc(C)c2C)C3=O)s1. The van der Waals surface area contributed by atoms with E-state index in [1.807, 2.05) is 32.0 Å². The van der Waals surface area contributed by atoms with Gasteiger partial charge < -0.3 is 9.88 Å². The van der Waals surface area contributed by atoms with Crippen LogP contribution in [0, 0.1) is 19.8 Å². The molecule has 0 bridgehead atoms. The summed E-state index contributed by atoms with van der Waals surface area (Å²) in [6.45, 7) is 10.9. The van der Waals surface area contributed by atoms with Crippen molar-refractivity contribution < 1.29 is 9.59 Å². The van der Waals surface area contributed by atoms with Crippen LogP contribution in [0.4, 0.5) is 5.69 Å². The third-order valence-corrected chi connectivity index (χ3v) is 9.24. The lowest BCUT2D eigenvalue weighted by molar-refractivity contribution is -0.127. The van der Waals surface area contributed by atoms with Crippen molar-refractivity contribution in [3.63, 3.8) is 0 Å². The van der Waals surface area contributed by atoms with Crippen molar-refractivity contribution in [1.29, 1.82) is 0 Å². The Kier molecular flexibility index (Phi) is 5.83. The maximum Gasteiger partial charge on any atom is 0.275 e. The van der Waals surface area contributed by atoms with Crippen LogP contribution < -0.4 is 10.2 Å². The minimum atomic E-state index is -1.02. The molecule has 1 aliphatic heterocycles. The second-order valence-electron chi connectivity index (χ2n) is 10.5. The van der Waals surface area contributed by atoms with Crippen LogP contribution in [0.3, 0.4) is 0 Å². The molecular formula is C28H35N3O2S. The van der Waals surface area contributed by atoms with Crippen LogP contribution in [0.2, 0.25) is 0 Å². The number of fused-ring (bicyclic) bond motifs is 3. The van der Waals surface area contributed by atoms with Crippen molar-refractivity contribution in [2.24, 2.45) is 5.92 Å². The number of hydrogen-bond acceptors (Lipinski definition) is 3. The molecule has 0 saturated heterocycles. The Hall–Kier alpha value is -2.60. The molecule has 1 saturated carbocycles. The Balaban J connectivity index is 1.60. The number of thiophene rings is 1. The second kappa shape index (κ2) is 8.56. The molecule has 0 spiro atoms. The molecule has 5 rings (SSSR count). The van der Waals surface area contributed by atoms with Crippen LogP contribution in [-0.4, -0.2) is 28.0 Å². The number of carbonyl (C=O) groups excluding carboxylic acids is 2. The van der Waals surface area contributed by atoms with Crippen LogP contribution in [0.15, 0.2) is 30.3 Å². The van der Waals surface area contributed by atoms with E-state index in [9.17, 15) is 9.59 Å². The van der Waals surface area contributed by atoms with Crippen LogP contribution in [0.25, 0.3) is 10.2 Å². The van der Waals surface area contributed by atoms with Crippen molar-refractivity contribution in [2.45, 2.75) is 84.8 Å². The molecule has 1 aliphatic carbocycles. The summed E-state index contributed by atoms with van der Waals surface area (Å²) in [5.41, 5.74) is 3.69. The number of aryl methyl sites for hydroxylation is 2. The quantitative estimate of drug-likeness (QED) is 0.501. The van der Waals surface area contributed by atoms with Crippen molar-refractivity contribution in [3.05, 3.63) is 52.0 Å². The molecule has 1 N–H and O–H groups in total. The number of rotatable bonds is 4. The van der Waals surface area contributed by atoms with Gasteiger partial charge in [-0.05, 0) is 88.1 Å². The third-order valence-electron chi connectivity index (χ3n) is 8.03. The van der Waals surface area contributed by atoms with E-state index in [0.29, 0.717) is 18.2 Å². The minimum absolute atomic E-state index is 0.0558. The molecule has 180 valence electrons. The third kappa shape index (κ3) is 3.67. The molecule has 1 fully saturated rings. The number of nitrogens with zero attached hydrogens (tertiary/aromatic N) is 2. The zero-order valence-corrected chi connectivity index (χ0v) is 21.7. The summed E-state index contributed by atoms with van der Waals surface area (Å²) in [4.78, 5) is 31.2. The standard InChI is InChI=1S/C28H35N3O2S/c1-6-21-14-23-25(34-21)15-24-26(32)31(22-9-7-8-18(3)19(22)4)28(5,16-30(23)24)27(33)29-20-12-10-17(2)11-13-20/h7-9,14-15,17,20H,6,10-13,16H2,1-5H3,(H,29,33)/t17?,20?,28-/m1/s1. The number of nitrogens with one attached hydrogen (secondary N) is 1. The molecular weight excluding hydrogens is 442 g/mol. The molecule has 3 heterocycles. The molecule has 2 amide bonds. The molecule has 1 aromatic carbocycles. The van der Waals surface area contributed by atoms with Crippen molar-refractivity contribution in [2.75, 3.05) is 4.90 Å². The summed E-state index contributed by atoms with van der Waals surface area (Å²) in [7, 11) is 0. The Bertz CT molecular complexity index is 1260. The first kappa shape index (κ1) is 23.2. The van der Waals surface area contributed by atoms with Gasteiger partial charge in [0.15, 0.2) is 0 Å². The second-order valence-corrected chi connectivity index (χ2v) is 11.7. The molecule has 1 atom stereocenters. The first-order chi connectivity index (χ1) is 16.2. The fourth-order valence-corrected chi connectivity index (χ4v) is 6.65. The zero-order chi connectivity index (χ0) is 24.2. The minimum Gasteiger partial charge on any atom is -0.351 e. The predicted octanol–water partition coefficient (Wildman–Crippen LogP) is 6.00. The first-order valence-corrected chi connectivity index (χ1v) is 13.4. The van der Waals surface area contributed by atoms with Gasteiger partial charge in [0.05, 0.1) is 16.8 Å². The fourth-order valence-electron chi connectivity index (χ4n) is 5.60. The van der Waals surface area contributed by atoms with E-state index in [-0.39, 0.29) is 17.9 Å². The van der Waals surface area contributed by atoms with Gasteiger partial charge in [0.1, 0.15) is 11.2 Å². The fraction of sp³-hybridized carbons (Fsp3) is 0.500. The van der Waals surface area contributed by atoms with Crippen molar-refractivity contribution >= 4 is 39.1 Å². The van der Waals surface area contributed by atoms with E-state index in [0.717, 1.165) is 59.1 Å². The lowest BCUT2D eigenvalue weighted by Crippen LogP contribution is -2.65. The predicted molar refractivity (Wildman–Crippen MR) is 140 cm³/mol. The zero-order valence-electron chi connectivity index (χ0n) is 20.9. The van der Waals surface area contributed by atoms with E-state index in [1.165, 1.54) is 4.88 Å². The Morgan fingerprint density at radius 2 is 1.91 bits per heavy atom. The lowest BCUT2D eigenvalue weighted by Gasteiger charge is -2.45. The highest BCUT2D eigenvalue weighted by Gasteiger charge is 2.49. The van der Waals surface area contributed by atoms with Gasteiger partial charge in [0.25, 0.3) is 5.91 Å². The van der Waals surface area contributed by atoms with E-state index in [4.69, 9.17) is 0 Å². The molecule has 6 heteroatoms. The van der Waals surface area contributed by atoms with Gasteiger partial charge >= 0.3 is 0 Å². The Labute approximate surface area is 206 Å². The molecule has 3 aromatic rings. The number of amides is 2. The summed E-state index contributed by atoms with van der Waals surface area (Å²) in [5.74, 6) is 0.560. The molecule has 0 radical (unpaired) electrons. The highest BCUT2D eigenvalue weighted by atomic mass is 32.1. The number of anilines is 1. The maximum atomic E-state index is 14.1. The Morgan fingerprint density at radius 3 is 2.62 bits per heavy atom. The topological polar surface area (TPSA) is 54.3 Å². The average Bonchev–Trinajstić information content (AvgIpc) is 3.36. The van der Waals surface area contributed by atoms with Crippen molar-refractivity contribution in [1.82, 2.24) is 9.88 Å². The lowest BCUT2D eigenvalue weighted by atomic mass is 9.86. The number of hydrogen-bond donors (Lipinski definition) is 1. The van der Waals surface area contributed by atoms with Gasteiger partial charge in [-0.25, -0.2) is 0 Å². The van der Waals surface area contributed by atoms with Crippen molar-refractivity contribution in [3.8, 4) is 0 Å². The summed E-state index contributed by atoms with van der Waals surface area (Å²) in [6, 6.07) is 10.4. The largest absolute Gasteiger partial charge is 0.351 e. The van der Waals surface area contributed by atoms with Gasteiger partial charge in [-0.3, -0.25) is 14.5 Å². The van der Waals surface area contributed by atoms with Crippen LogP contribution in [0.5, 0.6) is 0 Å². The summed E-state index contributed by atoms with van der Waals surface area (Å²) in [5, 5.41) is 3.35. The monoisotopic (exact) mass is 477 g/mol. The number of aromatic nitrogens is 1. The number of carbonyl (C=O) groups is 2. The van der Waals surface area contributed by atoms with Gasteiger partial charge in [-0.1, -0.05) is 26.0 Å². The smallest absolute Gasteiger partial charge is 0.275 e. The molecule has 5 nitrogen and oxygen atoms in total. The van der Waals surface area contributed by atoms with E-state index in [1.54, 1.807) is 16.2 Å². The van der Waals surface area contributed by atoms with E-state index < -0.39 is 5.54 Å². The van der Waals surface area contributed by atoms with Gasteiger partial charge in [-0.2, -0.15) is 0 Å². The maximum absolute atomic E-state index is 14.1. The number of benzene rings is 1. The molecule has 34 heavy (non-hydrogen) atoms.